The van der Waals surface area contributed by atoms with Crippen molar-refractivity contribution in [2.24, 2.45) is 0 Å². The molecular weight excluding hydrogens is 444 g/mol. The van der Waals surface area contributed by atoms with Crippen LogP contribution in [0.1, 0.15) is 0 Å². The van der Waals surface area contributed by atoms with Crippen molar-refractivity contribution in [1.82, 2.24) is 0 Å². The third kappa shape index (κ3) is 7.52. The van der Waals surface area contributed by atoms with Gasteiger partial charge < -0.3 is 52.1 Å². The minimum Gasteiger partial charge on any atom is -0.467 e. The van der Waals surface area contributed by atoms with Gasteiger partial charge in [-0.1, -0.05) is 0 Å². The monoisotopic (exact) mass is 484 g/mol. The smallest absolute Gasteiger partial charge is 0.337 e. The third-order valence-corrected chi connectivity index (χ3v) is 5.63. The fourth-order valence-corrected chi connectivity index (χ4v) is 3.95. The van der Waals surface area contributed by atoms with E-state index >= 15 is 0 Å². The van der Waals surface area contributed by atoms with E-state index in [0.29, 0.717) is 0 Å². The summed E-state index contributed by atoms with van der Waals surface area (Å²) in [5.74, 6) is -0.638. The van der Waals surface area contributed by atoms with Gasteiger partial charge in [0.15, 0.2) is 12.4 Å². The predicted octanol–water partition coefficient (Wildman–Crippen LogP) is -0.348. The SMILES string of the molecule is COCC(OC)C(OC)C(OC1OC(C(=O)OC)C(OC)C(OC)C1OC)C(COC)OC. The van der Waals surface area contributed by atoms with Crippen molar-refractivity contribution in [3.8, 4) is 0 Å². The molecule has 1 aliphatic heterocycles. The van der Waals surface area contributed by atoms with Gasteiger partial charge in [0.2, 0.25) is 0 Å². The number of carbonyl (C=O) groups is 1. The normalized spacial score (nSPS) is 29.3. The van der Waals surface area contributed by atoms with Crippen molar-refractivity contribution in [1.29, 1.82) is 0 Å². The largest absolute Gasteiger partial charge is 0.467 e. The van der Waals surface area contributed by atoms with Gasteiger partial charge in [-0.2, -0.15) is 0 Å². The van der Waals surface area contributed by atoms with Crippen LogP contribution in [0.25, 0.3) is 0 Å². The minimum absolute atomic E-state index is 0.184. The van der Waals surface area contributed by atoms with Gasteiger partial charge in [-0.05, 0) is 0 Å². The zero-order valence-corrected chi connectivity index (χ0v) is 21.0. The Bertz CT molecular complexity index is 535. The number of methoxy groups -OCH3 is 9. The highest BCUT2D eigenvalue weighted by Gasteiger charge is 2.52. The Kier molecular flexibility index (Phi) is 14.5. The number of rotatable bonds is 16. The molecule has 1 aliphatic rings. The maximum Gasteiger partial charge on any atom is 0.337 e. The van der Waals surface area contributed by atoms with Crippen molar-refractivity contribution in [2.45, 2.75) is 55.1 Å². The Balaban J connectivity index is 3.38. The zero-order valence-electron chi connectivity index (χ0n) is 21.0. The molecule has 1 saturated heterocycles. The quantitative estimate of drug-likeness (QED) is 0.267. The van der Waals surface area contributed by atoms with Crippen LogP contribution in [-0.2, 0) is 56.9 Å². The molecule has 0 aliphatic carbocycles. The molecule has 12 nitrogen and oxygen atoms in total. The highest BCUT2D eigenvalue weighted by Crippen LogP contribution is 2.31. The Morgan fingerprint density at radius 3 is 1.61 bits per heavy atom. The molecule has 0 aromatic rings. The lowest BCUT2D eigenvalue weighted by atomic mass is 9.97. The van der Waals surface area contributed by atoms with E-state index < -0.39 is 61.1 Å². The van der Waals surface area contributed by atoms with Gasteiger partial charge in [0.1, 0.15) is 42.7 Å². The third-order valence-electron chi connectivity index (χ3n) is 5.63. The summed E-state index contributed by atoms with van der Waals surface area (Å²) in [6.45, 7) is 0.415. The number of ether oxygens (including phenoxy) is 11. The second-order valence-electron chi connectivity index (χ2n) is 7.31. The van der Waals surface area contributed by atoms with Crippen LogP contribution < -0.4 is 0 Å². The topological polar surface area (TPSA) is 119 Å². The summed E-state index contributed by atoms with van der Waals surface area (Å²) in [4.78, 5) is 12.5. The Hall–Kier alpha value is -0.930. The van der Waals surface area contributed by atoms with Crippen LogP contribution in [0.5, 0.6) is 0 Å². The predicted molar refractivity (Wildman–Crippen MR) is 114 cm³/mol. The van der Waals surface area contributed by atoms with Gasteiger partial charge in [-0.25, -0.2) is 4.79 Å². The van der Waals surface area contributed by atoms with E-state index in [2.05, 4.69) is 0 Å². The number of hydrogen-bond donors (Lipinski definition) is 0. The summed E-state index contributed by atoms with van der Waals surface area (Å²) in [6, 6.07) is 0. The molecule has 196 valence electrons. The molecular formula is C21H40O12. The van der Waals surface area contributed by atoms with Crippen LogP contribution >= 0.6 is 0 Å². The van der Waals surface area contributed by atoms with Crippen LogP contribution in [-0.4, -0.2) is 138 Å². The number of esters is 1. The van der Waals surface area contributed by atoms with Crippen molar-refractivity contribution < 1.29 is 56.9 Å². The van der Waals surface area contributed by atoms with Crippen LogP contribution in [0.2, 0.25) is 0 Å². The molecule has 33 heavy (non-hydrogen) atoms. The molecule has 0 saturated carbocycles. The van der Waals surface area contributed by atoms with E-state index in [0.717, 1.165) is 0 Å². The van der Waals surface area contributed by atoms with E-state index in [-0.39, 0.29) is 13.2 Å². The van der Waals surface area contributed by atoms with Crippen LogP contribution in [0.15, 0.2) is 0 Å². The molecule has 0 bridgehead atoms. The van der Waals surface area contributed by atoms with Gasteiger partial charge in [0, 0.05) is 56.9 Å². The highest BCUT2D eigenvalue weighted by atomic mass is 16.7. The van der Waals surface area contributed by atoms with Gasteiger partial charge in [0.25, 0.3) is 0 Å². The highest BCUT2D eigenvalue weighted by molar-refractivity contribution is 5.75. The van der Waals surface area contributed by atoms with E-state index in [9.17, 15) is 4.79 Å². The van der Waals surface area contributed by atoms with Crippen molar-refractivity contribution in [3.63, 3.8) is 0 Å². The maximum atomic E-state index is 12.5. The first kappa shape index (κ1) is 30.1. The summed E-state index contributed by atoms with van der Waals surface area (Å²) in [5.41, 5.74) is 0. The lowest BCUT2D eigenvalue weighted by Gasteiger charge is -2.46. The fourth-order valence-electron chi connectivity index (χ4n) is 3.95. The van der Waals surface area contributed by atoms with Crippen LogP contribution in [0, 0.1) is 0 Å². The van der Waals surface area contributed by atoms with Crippen molar-refractivity contribution in [2.75, 3.05) is 77.2 Å². The average molecular weight is 485 g/mol. The lowest BCUT2D eigenvalue weighted by molar-refractivity contribution is -0.332. The van der Waals surface area contributed by atoms with Crippen molar-refractivity contribution >= 4 is 5.97 Å². The Labute approximate surface area is 195 Å². The first-order valence-electron chi connectivity index (χ1n) is 10.5. The second-order valence-corrected chi connectivity index (χ2v) is 7.31. The molecule has 0 N–H and O–H groups in total. The second kappa shape index (κ2) is 15.9. The van der Waals surface area contributed by atoms with Gasteiger partial charge in [0.05, 0.1) is 20.3 Å². The molecule has 0 aromatic heterocycles. The molecule has 9 atom stereocenters. The summed E-state index contributed by atoms with van der Waals surface area (Å²) in [5, 5.41) is 0. The summed E-state index contributed by atoms with van der Waals surface area (Å²) < 4.78 is 61.6. The molecule has 0 spiro atoms. The van der Waals surface area contributed by atoms with E-state index in [1.807, 2.05) is 0 Å². The molecule has 1 fully saturated rings. The molecule has 12 heteroatoms. The summed E-state index contributed by atoms with van der Waals surface area (Å²) in [7, 11) is 13.4. The molecule has 0 aromatic carbocycles. The number of carbonyl (C=O) groups excluding carboxylic acids is 1. The molecule has 9 unspecified atom stereocenters. The van der Waals surface area contributed by atoms with E-state index in [1.54, 1.807) is 14.2 Å². The average Bonchev–Trinajstić information content (AvgIpc) is 2.84. The van der Waals surface area contributed by atoms with E-state index in [4.69, 9.17) is 52.1 Å². The molecule has 0 radical (unpaired) electrons. The zero-order chi connectivity index (χ0) is 25.0. The van der Waals surface area contributed by atoms with Crippen LogP contribution in [0.4, 0.5) is 0 Å². The van der Waals surface area contributed by atoms with E-state index in [1.165, 1.54) is 49.8 Å². The minimum atomic E-state index is -1.12. The number of hydrogen-bond acceptors (Lipinski definition) is 12. The van der Waals surface area contributed by atoms with Gasteiger partial charge >= 0.3 is 5.97 Å². The molecule has 1 rings (SSSR count). The fraction of sp³-hybridized carbons (Fsp3) is 0.952. The Morgan fingerprint density at radius 2 is 1.21 bits per heavy atom. The molecule has 0 amide bonds. The standard InChI is InChI=1S/C21H40O12/c1-23-10-12(25-3)14(27-5)15(13(26-4)11-24-2)32-21-19(30-8)17(29-7)16(28-6)18(33-21)20(22)31-9/h12-19,21H,10-11H2,1-9H3. The van der Waals surface area contributed by atoms with Crippen LogP contribution in [0.3, 0.4) is 0 Å². The summed E-state index contributed by atoms with van der Waals surface area (Å²) in [6.07, 6.45) is -6.99. The van der Waals surface area contributed by atoms with Gasteiger partial charge in [-0.3, -0.25) is 0 Å². The molecule has 1 heterocycles. The Morgan fingerprint density at radius 1 is 0.697 bits per heavy atom. The van der Waals surface area contributed by atoms with Gasteiger partial charge in [-0.15, -0.1) is 0 Å². The maximum absolute atomic E-state index is 12.5. The van der Waals surface area contributed by atoms with Crippen molar-refractivity contribution in [3.05, 3.63) is 0 Å². The first-order chi connectivity index (χ1) is 15.9. The summed E-state index contributed by atoms with van der Waals surface area (Å²) >= 11 is 0. The first-order valence-corrected chi connectivity index (χ1v) is 10.5. The lowest BCUT2D eigenvalue weighted by Crippen LogP contribution is -2.64.